The molecular formula is C23H32N4. The summed E-state index contributed by atoms with van der Waals surface area (Å²) < 4.78 is 0. The summed E-state index contributed by atoms with van der Waals surface area (Å²) in [5.41, 5.74) is 4.02. The fourth-order valence-corrected chi connectivity index (χ4v) is 3.52. The number of hydrogen-bond donors (Lipinski definition) is 2. The van der Waals surface area contributed by atoms with E-state index in [0.29, 0.717) is 5.92 Å². The Kier molecular flexibility index (Phi) is 7.28. The van der Waals surface area contributed by atoms with Crippen molar-refractivity contribution >= 4 is 5.96 Å². The highest BCUT2D eigenvalue weighted by Crippen LogP contribution is 2.14. The summed E-state index contributed by atoms with van der Waals surface area (Å²) in [6.45, 7) is 7.43. The first-order chi connectivity index (χ1) is 13.2. The summed E-state index contributed by atoms with van der Waals surface area (Å²) in [6.07, 6.45) is 2.69. The van der Waals surface area contributed by atoms with E-state index in [1.807, 2.05) is 7.05 Å². The normalized spacial score (nSPS) is 16.3. The van der Waals surface area contributed by atoms with Crippen LogP contribution in [0, 0.1) is 0 Å². The molecule has 2 aromatic rings. The fraction of sp³-hybridized carbons (Fsp3) is 0.435. The molecule has 2 N–H and O–H groups in total. The molecule has 1 heterocycles. The lowest BCUT2D eigenvalue weighted by atomic mass is 10.0. The van der Waals surface area contributed by atoms with E-state index in [2.05, 4.69) is 82.0 Å². The summed E-state index contributed by atoms with van der Waals surface area (Å²) >= 11 is 0. The highest BCUT2D eigenvalue weighted by molar-refractivity contribution is 5.79. The van der Waals surface area contributed by atoms with Gasteiger partial charge in [0, 0.05) is 26.7 Å². The number of likely N-dealkylation sites (tertiary alicyclic amines) is 1. The van der Waals surface area contributed by atoms with Crippen LogP contribution in [0.15, 0.2) is 59.6 Å². The topological polar surface area (TPSA) is 39.7 Å². The van der Waals surface area contributed by atoms with Gasteiger partial charge in [-0.2, -0.15) is 0 Å². The predicted molar refractivity (Wildman–Crippen MR) is 114 cm³/mol. The molecule has 4 nitrogen and oxygen atoms in total. The summed E-state index contributed by atoms with van der Waals surface area (Å²) in [6, 6.07) is 19.5. The van der Waals surface area contributed by atoms with Crippen molar-refractivity contribution in [2.45, 2.75) is 38.8 Å². The van der Waals surface area contributed by atoms with Crippen LogP contribution in [-0.4, -0.2) is 37.5 Å². The minimum Gasteiger partial charge on any atom is -0.356 e. The maximum absolute atomic E-state index is 4.34. The molecule has 144 valence electrons. The Bertz CT molecular complexity index is 703. The van der Waals surface area contributed by atoms with Gasteiger partial charge in [-0.1, -0.05) is 61.5 Å². The molecule has 3 rings (SSSR count). The third-order valence-corrected chi connectivity index (χ3v) is 5.26. The SMILES string of the molecule is CN=C(NCc1ccc(CN2CCCC2)cc1)NCC(C)c1ccccc1. The highest BCUT2D eigenvalue weighted by Gasteiger charge is 2.11. The maximum Gasteiger partial charge on any atom is 0.191 e. The molecule has 27 heavy (non-hydrogen) atoms. The first kappa shape index (κ1) is 19.4. The van der Waals surface area contributed by atoms with Crippen LogP contribution >= 0.6 is 0 Å². The van der Waals surface area contributed by atoms with Gasteiger partial charge in [-0.15, -0.1) is 0 Å². The van der Waals surface area contributed by atoms with Gasteiger partial charge in [-0.05, 0) is 48.5 Å². The van der Waals surface area contributed by atoms with E-state index in [1.165, 1.54) is 42.6 Å². The lowest BCUT2D eigenvalue weighted by molar-refractivity contribution is 0.331. The van der Waals surface area contributed by atoms with E-state index < -0.39 is 0 Å². The van der Waals surface area contributed by atoms with Crippen LogP contribution in [0.5, 0.6) is 0 Å². The number of rotatable bonds is 7. The van der Waals surface area contributed by atoms with Crippen molar-refractivity contribution < 1.29 is 0 Å². The molecule has 0 amide bonds. The molecule has 0 spiro atoms. The van der Waals surface area contributed by atoms with Crippen molar-refractivity contribution in [2.75, 3.05) is 26.7 Å². The van der Waals surface area contributed by atoms with E-state index in [0.717, 1.165) is 25.6 Å². The van der Waals surface area contributed by atoms with Gasteiger partial charge in [0.05, 0.1) is 0 Å². The van der Waals surface area contributed by atoms with Crippen molar-refractivity contribution in [1.82, 2.24) is 15.5 Å². The zero-order valence-electron chi connectivity index (χ0n) is 16.6. The van der Waals surface area contributed by atoms with Gasteiger partial charge < -0.3 is 10.6 Å². The fourth-order valence-electron chi connectivity index (χ4n) is 3.52. The Morgan fingerprint density at radius 3 is 2.30 bits per heavy atom. The molecular weight excluding hydrogens is 332 g/mol. The third-order valence-electron chi connectivity index (χ3n) is 5.26. The van der Waals surface area contributed by atoms with Gasteiger partial charge in [0.15, 0.2) is 5.96 Å². The van der Waals surface area contributed by atoms with Crippen molar-refractivity contribution in [3.63, 3.8) is 0 Å². The monoisotopic (exact) mass is 364 g/mol. The smallest absolute Gasteiger partial charge is 0.191 e. The summed E-state index contributed by atoms with van der Waals surface area (Å²) in [4.78, 5) is 6.88. The Hall–Kier alpha value is -2.33. The lowest BCUT2D eigenvalue weighted by Crippen LogP contribution is -2.38. The molecule has 1 atom stereocenters. The highest BCUT2D eigenvalue weighted by atomic mass is 15.2. The number of nitrogens with one attached hydrogen (secondary N) is 2. The molecule has 4 heteroatoms. The van der Waals surface area contributed by atoms with Crippen LogP contribution in [0.1, 0.15) is 42.4 Å². The van der Waals surface area contributed by atoms with Gasteiger partial charge in [0.1, 0.15) is 0 Å². The molecule has 0 bridgehead atoms. The van der Waals surface area contributed by atoms with Crippen LogP contribution in [0.2, 0.25) is 0 Å². The van der Waals surface area contributed by atoms with Crippen molar-refractivity contribution in [3.8, 4) is 0 Å². The van der Waals surface area contributed by atoms with Gasteiger partial charge >= 0.3 is 0 Å². The van der Waals surface area contributed by atoms with Gasteiger partial charge in [-0.25, -0.2) is 0 Å². The van der Waals surface area contributed by atoms with Gasteiger partial charge in [0.2, 0.25) is 0 Å². The van der Waals surface area contributed by atoms with E-state index in [4.69, 9.17) is 0 Å². The Morgan fingerprint density at radius 2 is 1.63 bits per heavy atom. The minimum atomic E-state index is 0.439. The second kappa shape index (κ2) is 10.1. The molecule has 1 aliphatic rings. The van der Waals surface area contributed by atoms with E-state index in [-0.39, 0.29) is 0 Å². The number of aliphatic imine (C=N–C) groups is 1. The Balaban J connectivity index is 1.43. The lowest BCUT2D eigenvalue weighted by Gasteiger charge is -2.17. The molecule has 1 fully saturated rings. The Labute approximate surface area is 163 Å². The number of guanidine groups is 1. The van der Waals surface area contributed by atoms with E-state index >= 15 is 0 Å². The molecule has 1 aliphatic heterocycles. The van der Waals surface area contributed by atoms with Crippen molar-refractivity contribution in [2.24, 2.45) is 4.99 Å². The third kappa shape index (κ3) is 6.10. The molecule has 2 aromatic carbocycles. The quantitative estimate of drug-likeness (QED) is 0.581. The van der Waals surface area contributed by atoms with Crippen LogP contribution < -0.4 is 10.6 Å². The molecule has 1 unspecified atom stereocenters. The standard InChI is InChI=1S/C23H32N4/c1-19(22-8-4-3-5-9-22)16-25-23(24-2)26-17-20-10-12-21(13-11-20)18-27-14-6-7-15-27/h3-5,8-13,19H,6-7,14-18H2,1-2H3,(H2,24,25,26). The zero-order valence-corrected chi connectivity index (χ0v) is 16.6. The first-order valence-electron chi connectivity index (χ1n) is 10.0. The second-order valence-electron chi connectivity index (χ2n) is 7.42. The number of nitrogens with zero attached hydrogens (tertiary/aromatic N) is 2. The summed E-state index contributed by atoms with van der Waals surface area (Å²) in [5, 5.41) is 6.84. The molecule has 0 saturated carbocycles. The van der Waals surface area contributed by atoms with Gasteiger partial charge in [0.25, 0.3) is 0 Å². The van der Waals surface area contributed by atoms with E-state index in [9.17, 15) is 0 Å². The first-order valence-corrected chi connectivity index (χ1v) is 10.0. The zero-order chi connectivity index (χ0) is 18.9. The minimum absolute atomic E-state index is 0.439. The number of hydrogen-bond acceptors (Lipinski definition) is 2. The summed E-state index contributed by atoms with van der Waals surface area (Å²) in [5.74, 6) is 1.29. The van der Waals surface area contributed by atoms with Crippen LogP contribution in [0.4, 0.5) is 0 Å². The van der Waals surface area contributed by atoms with E-state index in [1.54, 1.807) is 0 Å². The predicted octanol–water partition coefficient (Wildman–Crippen LogP) is 3.75. The van der Waals surface area contributed by atoms with Crippen LogP contribution in [-0.2, 0) is 13.1 Å². The van der Waals surface area contributed by atoms with Crippen LogP contribution in [0.3, 0.4) is 0 Å². The molecule has 0 aliphatic carbocycles. The number of benzene rings is 2. The molecule has 0 radical (unpaired) electrons. The molecule has 1 saturated heterocycles. The van der Waals surface area contributed by atoms with Crippen molar-refractivity contribution in [1.29, 1.82) is 0 Å². The Morgan fingerprint density at radius 1 is 0.963 bits per heavy atom. The average Bonchev–Trinajstić information content (AvgIpc) is 3.23. The van der Waals surface area contributed by atoms with Crippen molar-refractivity contribution in [3.05, 3.63) is 71.3 Å². The second-order valence-corrected chi connectivity index (χ2v) is 7.42. The molecule has 0 aromatic heterocycles. The van der Waals surface area contributed by atoms with Crippen LogP contribution in [0.25, 0.3) is 0 Å². The summed E-state index contributed by atoms with van der Waals surface area (Å²) in [7, 11) is 1.82. The maximum atomic E-state index is 4.34. The van der Waals surface area contributed by atoms with Gasteiger partial charge in [-0.3, -0.25) is 9.89 Å². The largest absolute Gasteiger partial charge is 0.356 e. The average molecular weight is 365 g/mol.